The van der Waals surface area contributed by atoms with E-state index in [0.717, 1.165) is 39.3 Å². The molecule has 0 amide bonds. The van der Waals surface area contributed by atoms with E-state index in [9.17, 15) is 0 Å². The van der Waals surface area contributed by atoms with Crippen LogP contribution in [-0.4, -0.2) is 0 Å². The van der Waals surface area contributed by atoms with Crippen molar-refractivity contribution in [2.75, 3.05) is 0 Å². The highest BCUT2D eigenvalue weighted by Crippen LogP contribution is 2.55. The average Bonchev–Trinajstić information content (AvgIpc) is 3.27. The van der Waals surface area contributed by atoms with Gasteiger partial charge in [0.15, 0.2) is 0 Å². The van der Waals surface area contributed by atoms with Gasteiger partial charge in [0.05, 0.1) is 6.61 Å². The van der Waals surface area contributed by atoms with Gasteiger partial charge in [-0.3, -0.25) is 4.52 Å². The fourth-order valence-corrected chi connectivity index (χ4v) is 9.82. The summed E-state index contributed by atoms with van der Waals surface area (Å²) in [6.07, 6.45) is 0.611. The molecule has 0 N–H and O–H groups in total. The Labute approximate surface area is 359 Å². The number of rotatable bonds is 11. The van der Waals surface area contributed by atoms with Crippen LogP contribution < -0.4 is 9.05 Å². The van der Waals surface area contributed by atoms with Gasteiger partial charge in [-0.05, 0) is 50.1 Å². The summed E-state index contributed by atoms with van der Waals surface area (Å²) in [4.78, 5) is 0. The van der Waals surface area contributed by atoms with Crippen molar-refractivity contribution in [2.45, 2.75) is 90.1 Å². The van der Waals surface area contributed by atoms with Gasteiger partial charge >= 0.3 is 8.60 Å². The molecule has 1 aliphatic rings. The maximum absolute atomic E-state index is 7.29. The molecule has 7 aromatic carbocycles. The molecule has 304 valence electrons. The lowest BCUT2D eigenvalue weighted by molar-refractivity contribution is 0.251. The van der Waals surface area contributed by atoms with Gasteiger partial charge in [0.1, 0.15) is 11.5 Å². The molecule has 0 saturated carbocycles. The largest absolute Gasteiger partial charge is 0.463 e. The predicted octanol–water partition coefficient (Wildman–Crippen LogP) is 14.8. The van der Waals surface area contributed by atoms with Gasteiger partial charge in [0.25, 0.3) is 0 Å². The predicted molar refractivity (Wildman–Crippen MR) is 249 cm³/mol. The minimum absolute atomic E-state index is 0.300. The molecule has 60 heavy (non-hydrogen) atoms. The van der Waals surface area contributed by atoms with Gasteiger partial charge in [0, 0.05) is 39.2 Å². The normalized spacial score (nSPS) is 13.6. The van der Waals surface area contributed by atoms with E-state index < -0.39 is 19.4 Å². The summed E-state index contributed by atoms with van der Waals surface area (Å²) < 4.78 is 21.4. The van der Waals surface area contributed by atoms with Gasteiger partial charge in [-0.25, -0.2) is 0 Å². The maximum atomic E-state index is 7.29. The zero-order chi connectivity index (χ0) is 42.1. The van der Waals surface area contributed by atoms with Crippen molar-refractivity contribution in [3.05, 3.63) is 237 Å². The Balaban J connectivity index is 1.41. The molecule has 1 aliphatic heterocycles. The number of fused-ring (bicyclic) bond motifs is 2. The average molecular weight is 809 g/mol. The maximum Gasteiger partial charge on any atom is 0.463 e. The Bertz CT molecular complexity index is 2390. The van der Waals surface area contributed by atoms with E-state index in [1.807, 2.05) is 18.2 Å². The van der Waals surface area contributed by atoms with Crippen LogP contribution in [0.3, 0.4) is 0 Å². The highest BCUT2D eigenvalue weighted by molar-refractivity contribution is 7.42. The fourth-order valence-electron chi connectivity index (χ4n) is 8.70. The number of hydrogen-bond donors (Lipinski definition) is 0. The Kier molecular flexibility index (Phi) is 11.4. The van der Waals surface area contributed by atoms with E-state index >= 15 is 0 Å². The minimum Gasteiger partial charge on any atom is -0.417 e. The van der Waals surface area contributed by atoms with Crippen LogP contribution in [0, 0.1) is 0 Å². The zero-order valence-corrected chi connectivity index (χ0v) is 37.2. The van der Waals surface area contributed by atoms with Crippen LogP contribution in [-0.2, 0) is 39.2 Å². The van der Waals surface area contributed by atoms with E-state index in [1.165, 1.54) is 33.4 Å². The molecule has 0 saturated heterocycles. The molecule has 0 aliphatic carbocycles. The van der Waals surface area contributed by atoms with Gasteiger partial charge in [-0.2, -0.15) is 0 Å². The molecule has 8 rings (SSSR count). The molecule has 0 fully saturated rings. The van der Waals surface area contributed by atoms with E-state index in [1.54, 1.807) is 0 Å². The lowest BCUT2D eigenvalue weighted by atomic mass is 9.70. The van der Waals surface area contributed by atoms with Crippen molar-refractivity contribution in [1.29, 1.82) is 0 Å². The Hall–Kier alpha value is -5.47. The van der Waals surface area contributed by atoms with Gasteiger partial charge in [-0.1, -0.05) is 231 Å². The Morgan fingerprint density at radius 3 is 1.07 bits per heavy atom. The molecule has 0 bridgehead atoms. The summed E-state index contributed by atoms with van der Waals surface area (Å²) >= 11 is 0. The zero-order valence-electron chi connectivity index (χ0n) is 36.3. The molecular weight excluding hydrogens is 752 g/mol. The SMILES string of the molecule is CC(C)(c1ccccc1)c1cc2c(c(C(C)(C)c3ccccc3)c1)OP(OCc1ccccc1)Oc1c(cc(C(C)(C)c3ccccc3)cc1C(C)(C)c1ccccc1)C2. The lowest BCUT2D eigenvalue weighted by Crippen LogP contribution is -2.26. The van der Waals surface area contributed by atoms with Crippen LogP contribution in [0.15, 0.2) is 176 Å². The molecule has 0 atom stereocenters. The van der Waals surface area contributed by atoms with Crippen molar-refractivity contribution in [2.24, 2.45) is 0 Å². The quantitative estimate of drug-likeness (QED) is 0.122. The number of benzene rings is 7. The van der Waals surface area contributed by atoms with E-state index in [0.29, 0.717) is 13.0 Å². The second kappa shape index (κ2) is 16.5. The molecule has 0 unspecified atom stereocenters. The van der Waals surface area contributed by atoms with Gasteiger partial charge in [-0.15, -0.1) is 0 Å². The summed E-state index contributed by atoms with van der Waals surface area (Å²) in [5, 5.41) is 0. The van der Waals surface area contributed by atoms with Crippen LogP contribution >= 0.6 is 8.60 Å². The third-order valence-corrected chi connectivity index (χ3v) is 14.0. The Morgan fingerprint density at radius 1 is 0.400 bits per heavy atom. The minimum atomic E-state index is -1.94. The molecule has 4 heteroatoms. The fraction of sp³-hybridized carbons (Fsp3) is 0.250. The lowest BCUT2D eigenvalue weighted by Gasteiger charge is -2.37. The molecular formula is C56H57O3P. The van der Waals surface area contributed by atoms with E-state index in [2.05, 4.69) is 213 Å². The smallest absolute Gasteiger partial charge is 0.417 e. The van der Waals surface area contributed by atoms with Crippen LogP contribution in [0.4, 0.5) is 0 Å². The van der Waals surface area contributed by atoms with Crippen molar-refractivity contribution in [3.63, 3.8) is 0 Å². The first-order chi connectivity index (χ1) is 28.8. The second-order valence-corrected chi connectivity index (χ2v) is 19.4. The van der Waals surface area contributed by atoms with Crippen LogP contribution in [0.25, 0.3) is 0 Å². The third-order valence-electron chi connectivity index (χ3n) is 13.0. The van der Waals surface area contributed by atoms with E-state index in [-0.39, 0.29) is 10.8 Å². The van der Waals surface area contributed by atoms with Crippen molar-refractivity contribution < 1.29 is 13.6 Å². The molecule has 0 radical (unpaired) electrons. The first kappa shape index (κ1) is 41.3. The van der Waals surface area contributed by atoms with Crippen LogP contribution in [0.2, 0.25) is 0 Å². The highest BCUT2D eigenvalue weighted by atomic mass is 31.2. The third kappa shape index (κ3) is 8.06. The summed E-state index contributed by atoms with van der Waals surface area (Å²) in [5.74, 6) is 1.66. The molecule has 7 aromatic rings. The summed E-state index contributed by atoms with van der Waals surface area (Å²) in [7, 11) is -1.94. The monoisotopic (exact) mass is 808 g/mol. The van der Waals surface area contributed by atoms with Crippen molar-refractivity contribution >= 4 is 8.60 Å². The van der Waals surface area contributed by atoms with Crippen LogP contribution in [0.1, 0.15) is 117 Å². The van der Waals surface area contributed by atoms with Crippen LogP contribution in [0.5, 0.6) is 11.5 Å². The molecule has 3 nitrogen and oxygen atoms in total. The van der Waals surface area contributed by atoms with E-state index in [4.69, 9.17) is 13.6 Å². The summed E-state index contributed by atoms with van der Waals surface area (Å²) in [5.41, 5.74) is 11.5. The number of hydrogen-bond acceptors (Lipinski definition) is 3. The standard InChI is InChI=1S/C56H57O3P/c1-53(2,43-26-16-10-17-27-43)47-35-41-34-42-36-48(54(3,4)44-28-18-11-19-29-44)38-50(56(7,8)46-32-22-13-23-33-46)52(42)59-60(57-39-40-24-14-9-15-25-40)58-51(41)49(37-47)55(5,6)45-30-20-12-21-31-45/h9-33,35-38H,34,39H2,1-8H3. The topological polar surface area (TPSA) is 27.7 Å². The highest BCUT2D eigenvalue weighted by Gasteiger charge is 2.39. The van der Waals surface area contributed by atoms with Gasteiger partial charge < -0.3 is 9.05 Å². The molecule has 0 spiro atoms. The van der Waals surface area contributed by atoms with Gasteiger partial charge in [0.2, 0.25) is 0 Å². The first-order valence-electron chi connectivity index (χ1n) is 21.2. The molecule has 1 heterocycles. The summed E-state index contributed by atoms with van der Waals surface area (Å²) in [6, 6.07) is 63.1. The van der Waals surface area contributed by atoms with Crippen molar-refractivity contribution in [1.82, 2.24) is 0 Å². The first-order valence-corrected chi connectivity index (χ1v) is 22.3. The molecule has 0 aromatic heterocycles. The summed E-state index contributed by atoms with van der Waals surface area (Å²) in [6.45, 7) is 18.9. The second-order valence-electron chi connectivity index (χ2n) is 18.3. The Morgan fingerprint density at radius 2 is 0.717 bits per heavy atom. The van der Waals surface area contributed by atoms with Crippen molar-refractivity contribution in [3.8, 4) is 11.5 Å².